The highest BCUT2D eigenvalue weighted by Crippen LogP contribution is 2.52. The SMILES string of the molecule is CCCNCc1ncc(-c2ccc3c(c2)OCC2=C3C(c3ccccc3)Oc3cc(-c4cnc(C5CCCN5)[nH]4)ccc32)[nH]1. The molecule has 222 valence electrons. The highest BCUT2D eigenvalue weighted by Gasteiger charge is 2.35. The lowest BCUT2D eigenvalue weighted by Crippen LogP contribution is -2.22. The Kier molecular flexibility index (Phi) is 7.01. The van der Waals surface area contributed by atoms with E-state index in [1.165, 1.54) is 6.42 Å². The zero-order chi connectivity index (χ0) is 29.5. The molecule has 8 nitrogen and oxygen atoms in total. The normalized spacial score (nSPS) is 18.8. The van der Waals surface area contributed by atoms with Crippen LogP contribution in [0.15, 0.2) is 79.1 Å². The maximum absolute atomic E-state index is 6.89. The molecule has 0 spiro atoms. The van der Waals surface area contributed by atoms with E-state index >= 15 is 0 Å². The number of imidazole rings is 2. The maximum atomic E-state index is 6.89. The Labute approximate surface area is 257 Å². The molecule has 8 heteroatoms. The lowest BCUT2D eigenvalue weighted by Gasteiger charge is -2.35. The molecule has 3 aromatic carbocycles. The Bertz CT molecular complexity index is 1830. The minimum absolute atomic E-state index is 0.258. The number of rotatable bonds is 8. The molecule has 1 saturated heterocycles. The van der Waals surface area contributed by atoms with Crippen LogP contribution in [0.3, 0.4) is 0 Å². The van der Waals surface area contributed by atoms with Crippen LogP contribution < -0.4 is 20.1 Å². The molecule has 0 aliphatic carbocycles. The van der Waals surface area contributed by atoms with E-state index < -0.39 is 0 Å². The highest BCUT2D eigenvalue weighted by molar-refractivity contribution is 6.00. The van der Waals surface area contributed by atoms with Crippen molar-refractivity contribution in [2.75, 3.05) is 19.7 Å². The minimum atomic E-state index is -0.258. The van der Waals surface area contributed by atoms with Gasteiger partial charge in [-0.1, -0.05) is 61.5 Å². The van der Waals surface area contributed by atoms with Crippen LogP contribution in [-0.4, -0.2) is 39.6 Å². The first-order valence-electron chi connectivity index (χ1n) is 15.6. The summed E-state index contributed by atoms with van der Waals surface area (Å²) in [4.78, 5) is 16.3. The molecule has 0 saturated carbocycles. The Morgan fingerprint density at radius 1 is 0.886 bits per heavy atom. The smallest absolute Gasteiger partial charge is 0.150 e. The third kappa shape index (κ3) is 4.90. The molecule has 3 aliphatic heterocycles. The number of aromatic amines is 2. The van der Waals surface area contributed by atoms with Crippen LogP contribution in [0.5, 0.6) is 11.5 Å². The van der Waals surface area contributed by atoms with Gasteiger partial charge in [-0.15, -0.1) is 0 Å². The summed E-state index contributed by atoms with van der Waals surface area (Å²) in [7, 11) is 0. The molecule has 0 radical (unpaired) electrons. The summed E-state index contributed by atoms with van der Waals surface area (Å²) in [5.74, 6) is 3.64. The van der Waals surface area contributed by atoms with Crippen LogP contribution in [0.1, 0.15) is 66.7 Å². The number of H-pyrrole nitrogens is 2. The van der Waals surface area contributed by atoms with Gasteiger partial charge < -0.3 is 30.1 Å². The van der Waals surface area contributed by atoms with Crippen molar-refractivity contribution in [2.45, 2.75) is 44.9 Å². The Balaban J connectivity index is 1.16. The number of aromatic nitrogens is 4. The van der Waals surface area contributed by atoms with E-state index in [4.69, 9.17) is 9.47 Å². The van der Waals surface area contributed by atoms with Gasteiger partial charge in [-0.25, -0.2) is 9.97 Å². The predicted molar refractivity (Wildman–Crippen MR) is 172 cm³/mol. The fourth-order valence-electron chi connectivity index (χ4n) is 6.59. The van der Waals surface area contributed by atoms with Crippen molar-refractivity contribution in [1.82, 2.24) is 30.6 Å². The summed E-state index contributed by atoms with van der Waals surface area (Å²) in [6.45, 7) is 5.37. The van der Waals surface area contributed by atoms with Gasteiger partial charge >= 0.3 is 0 Å². The first-order valence-corrected chi connectivity index (χ1v) is 15.6. The maximum Gasteiger partial charge on any atom is 0.150 e. The number of nitrogens with one attached hydrogen (secondary N) is 4. The third-order valence-electron chi connectivity index (χ3n) is 8.84. The second-order valence-electron chi connectivity index (χ2n) is 11.8. The molecule has 5 heterocycles. The molecule has 2 atom stereocenters. The number of hydrogen-bond donors (Lipinski definition) is 4. The Hall–Kier alpha value is -4.66. The average Bonchev–Trinajstić information content (AvgIpc) is 3.87. The van der Waals surface area contributed by atoms with Gasteiger partial charge in [0.15, 0.2) is 0 Å². The predicted octanol–water partition coefficient (Wildman–Crippen LogP) is 6.83. The second kappa shape index (κ2) is 11.4. The van der Waals surface area contributed by atoms with E-state index in [1.807, 2.05) is 18.5 Å². The van der Waals surface area contributed by atoms with Crippen molar-refractivity contribution in [3.8, 4) is 34.0 Å². The lowest BCUT2D eigenvalue weighted by atomic mass is 9.83. The van der Waals surface area contributed by atoms with Gasteiger partial charge in [0.25, 0.3) is 0 Å². The van der Waals surface area contributed by atoms with Crippen molar-refractivity contribution < 1.29 is 9.47 Å². The first kappa shape index (κ1) is 26.9. The summed E-state index contributed by atoms with van der Waals surface area (Å²) >= 11 is 0. The zero-order valence-electron chi connectivity index (χ0n) is 24.8. The Morgan fingerprint density at radius 3 is 2.50 bits per heavy atom. The third-order valence-corrected chi connectivity index (χ3v) is 8.84. The summed E-state index contributed by atoms with van der Waals surface area (Å²) in [5, 5.41) is 6.93. The number of fused-ring (bicyclic) bond motifs is 4. The lowest BCUT2D eigenvalue weighted by molar-refractivity contribution is 0.254. The highest BCUT2D eigenvalue weighted by atomic mass is 16.5. The van der Waals surface area contributed by atoms with Crippen molar-refractivity contribution >= 4 is 11.1 Å². The fourth-order valence-corrected chi connectivity index (χ4v) is 6.59. The van der Waals surface area contributed by atoms with E-state index in [1.54, 1.807) is 0 Å². The minimum Gasteiger partial charge on any atom is -0.488 e. The number of nitrogens with zero attached hydrogens (tertiary/aromatic N) is 2. The van der Waals surface area contributed by atoms with E-state index in [-0.39, 0.29) is 6.10 Å². The van der Waals surface area contributed by atoms with Gasteiger partial charge in [0.2, 0.25) is 0 Å². The van der Waals surface area contributed by atoms with Crippen molar-refractivity contribution in [3.63, 3.8) is 0 Å². The summed E-state index contributed by atoms with van der Waals surface area (Å²) < 4.78 is 13.4. The summed E-state index contributed by atoms with van der Waals surface area (Å²) in [6.07, 6.45) is 6.95. The zero-order valence-corrected chi connectivity index (χ0v) is 24.8. The van der Waals surface area contributed by atoms with Gasteiger partial charge in [0.05, 0.1) is 36.4 Å². The van der Waals surface area contributed by atoms with Gasteiger partial charge in [-0.3, -0.25) is 0 Å². The number of hydrogen-bond acceptors (Lipinski definition) is 6. The first-order chi connectivity index (χ1) is 21.7. The van der Waals surface area contributed by atoms with Crippen LogP contribution in [0.4, 0.5) is 0 Å². The van der Waals surface area contributed by atoms with Crippen molar-refractivity contribution in [2.24, 2.45) is 0 Å². The number of benzene rings is 3. The molecule has 1 fully saturated rings. The van der Waals surface area contributed by atoms with Gasteiger partial charge in [-0.2, -0.15) is 0 Å². The second-order valence-corrected chi connectivity index (χ2v) is 11.8. The van der Waals surface area contributed by atoms with Gasteiger partial charge in [-0.05, 0) is 50.0 Å². The van der Waals surface area contributed by atoms with E-state index in [9.17, 15) is 0 Å². The summed E-state index contributed by atoms with van der Waals surface area (Å²) in [5.41, 5.74) is 9.65. The largest absolute Gasteiger partial charge is 0.488 e. The molecule has 0 amide bonds. The average molecular weight is 585 g/mol. The van der Waals surface area contributed by atoms with Gasteiger partial charge in [0, 0.05) is 33.4 Å². The quantitative estimate of drug-likeness (QED) is 0.149. The number of ether oxygens (including phenoxy) is 2. The molecular weight excluding hydrogens is 548 g/mol. The summed E-state index contributed by atoms with van der Waals surface area (Å²) in [6, 6.07) is 23.6. The fraction of sp³-hybridized carbons (Fsp3) is 0.278. The van der Waals surface area contributed by atoms with E-state index in [0.717, 1.165) is 106 Å². The van der Waals surface area contributed by atoms with Crippen molar-refractivity contribution in [1.29, 1.82) is 0 Å². The molecule has 3 aliphatic rings. The van der Waals surface area contributed by atoms with Crippen LogP contribution in [0.25, 0.3) is 33.7 Å². The molecule has 0 bridgehead atoms. The standard InChI is InChI=1S/C36H36N6O2/c1-2-14-37-20-33-39-18-29(41-33)23-11-13-26-31(16-23)43-21-27-25-12-10-24(30-19-40-36(42-30)28-9-6-15-38-28)17-32(25)44-35(34(26)27)22-7-4-3-5-8-22/h3-5,7-8,10-13,16-19,28,35,37-38H,2,6,9,14-15,20-21H2,1H3,(H,39,41)(H,40,42). The molecule has 44 heavy (non-hydrogen) atoms. The van der Waals surface area contributed by atoms with Crippen LogP contribution in [-0.2, 0) is 6.54 Å². The molecule has 5 aromatic rings. The van der Waals surface area contributed by atoms with E-state index in [2.05, 4.69) is 98.2 Å². The molecule has 2 aromatic heterocycles. The van der Waals surface area contributed by atoms with Gasteiger partial charge in [0.1, 0.15) is 35.9 Å². The van der Waals surface area contributed by atoms with Crippen LogP contribution >= 0.6 is 0 Å². The topological polar surface area (TPSA) is 99.9 Å². The molecule has 8 rings (SSSR count). The molecular formula is C36H36N6O2. The molecule has 2 unspecified atom stereocenters. The molecule has 4 N–H and O–H groups in total. The van der Waals surface area contributed by atoms with Crippen LogP contribution in [0.2, 0.25) is 0 Å². The van der Waals surface area contributed by atoms with Crippen molar-refractivity contribution in [3.05, 3.63) is 107 Å². The Morgan fingerprint density at radius 2 is 1.68 bits per heavy atom. The monoisotopic (exact) mass is 584 g/mol. The van der Waals surface area contributed by atoms with E-state index in [0.29, 0.717) is 12.6 Å². The van der Waals surface area contributed by atoms with Crippen LogP contribution in [0, 0.1) is 0 Å².